The van der Waals surface area contributed by atoms with Crippen LogP contribution >= 0.6 is 11.3 Å². The van der Waals surface area contributed by atoms with Crippen molar-refractivity contribution in [1.82, 2.24) is 20.0 Å². The molecule has 0 aliphatic carbocycles. The number of benzene rings is 1. The summed E-state index contributed by atoms with van der Waals surface area (Å²) in [6, 6.07) is 12.5. The number of amides is 4. The lowest BCUT2D eigenvalue weighted by Crippen LogP contribution is -2.54. The Morgan fingerprint density at radius 2 is 1.65 bits per heavy atom. The van der Waals surface area contributed by atoms with Gasteiger partial charge in [0.2, 0.25) is 11.8 Å². The lowest BCUT2D eigenvalue weighted by atomic mass is 10.0. The number of piperidine rings is 1. The number of carbonyl (C=O) groups is 4. The van der Waals surface area contributed by atoms with Gasteiger partial charge in [-0.25, -0.2) is 0 Å². The molecule has 5 heterocycles. The van der Waals surface area contributed by atoms with Crippen molar-refractivity contribution in [2.45, 2.75) is 32.0 Å². The maximum absolute atomic E-state index is 13.1. The van der Waals surface area contributed by atoms with Gasteiger partial charge in [-0.15, -0.1) is 11.3 Å². The summed E-state index contributed by atoms with van der Waals surface area (Å²) in [5.74, 6) is -0.0614. The molecule has 10 heteroatoms. The molecule has 1 N–H and O–H groups in total. The van der Waals surface area contributed by atoms with E-state index in [9.17, 15) is 19.2 Å². The van der Waals surface area contributed by atoms with Gasteiger partial charge in [-0.1, -0.05) is 12.1 Å². The molecule has 3 aliphatic rings. The topological polar surface area (TPSA) is 103 Å². The summed E-state index contributed by atoms with van der Waals surface area (Å²) >= 11 is 1.67. The number of carbonyl (C=O) groups excluding carboxylic acids is 4. The van der Waals surface area contributed by atoms with Crippen molar-refractivity contribution >= 4 is 35.0 Å². The highest BCUT2D eigenvalue weighted by Crippen LogP contribution is 2.29. The number of hydrogen-bond donors (Lipinski definition) is 1. The van der Waals surface area contributed by atoms with E-state index in [-0.39, 0.29) is 18.7 Å². The van der Waals surface area contributed by atoms with E-state index in [4.69, 9.17) is 4.42 Å². The fourth-order valence-corrected chi connectivity index (χ4v) is 5.90. The van der Waals surface area contributed by atoms with E-state index in [0.717, 1.165) is 59.6 Å². The normalized spacial score (nSPS) is 21.0. The second kappa shape index (κ2) is 9.70. The van der Waals surface area contributed by atoms with Gasteiger partial charge in [-0.3, -0.25) is 39.2 Å². The molecule has 1 unspecified atom stereocenters. The summed E-state index contributed by atoms with van der Waals surface area (Å²) in [6.45, 7) is 5.01. The van der Waals surface area contributed by atoms with Crippen LogP contribution in [0, 0.1) is 0 Å². The number of nitrogens with zero attached hydrogens (tertiary/aromatic N) is 3. The third-order valence-electron chi connectivity index (χ3n) is 7.18. The van der Waals surface area contributed by atoms with E-state index in [1.54, 1.807) is 23.5 Å². The molecule has 0 saturated carbocycles. The zero-order valence-electron chi connectivity index (χ0n) is 20.1. The Balaban J connectivity index is 1.06. The quantitative estimate of drug-likeness (QED) is 0.501. The van der Waals surface area contributed by atoms with Gasteiger partial charge in [0.1, 0.15) is 17.6 Å². The third kappa shape index (κ3) is 4.63. The maximum Gasteiger partial charge on any atom is 0.262 e. The fourth-order valence-electron chi connectivity index (χ4n) is 5.21. The van der Waals surface area contributed by atoms with Crippen molar-refractivity contribution in [3.8, 4) is 10.6 Å². The molecule has 2 saturated heterocycles. The van der Waals surface area contributed by atoms with E-state index < -0.39 is 23.8 Å². The average molecular weight is 519 g/mol. The minimum Gasteiger partial charge on any atom is -0.459 e. The number of furan rings is 1. The first-order valence-corrected chi connectivity index (χ1v) is 13.3. The van der Waals surface area contributed by atoms with Crippen molar-refractivity contribution < 1.29 is 23.6 Å². The molecule has 190 valence electrons. The van der Waals surface area contributed by atoms with Gasteiger partial charge >= 0.3 is 0 Å². The molecule has 0 bridgehead atoms. The van der Waals surface area contributed by atoms with Gasteiger partial charge in [0.25, 0.3) is 11.8 Å². The van der Waals surface area contributed by atoms with Gasteiger partial charge in [0.15, 0.2) is 0 Å². The zero-order chi connectivity index (χ0) is 25.5. The molecule has 6 rings (SSSR count). The number of hydrogen-bond acceptors (Lipinski definition) is 8. The van der Waals surface area contributed by atoms with Crippen molar-refractivity contribution in [3.63, 3.8) is 0 Å². The molecule has 4 amide bonds. The maximum atomic E-state index is 13.1. The summed E-state index contributed by atoms with van der Waals surface area (Å²) in [6.07, 6.45) is 0.261. The second-order valence-electron chi connectivity index (χ2n) is 9.62. The smallest absolute Gasteiger partial charge is 0.262 e. The van der Waals surface area contributed by atoms with Gasteiger partial charge in [0.05, 0.1) is 22.5 Å². The Morgan fingerprint density at radius 3 is 2.38 bits per heavy atom. The number of fused-ring (bicyclic) bond motifs is 1. The second-order valence-corrected chi connectivity index (χ2v) is 10.6. The first-order chi connectivity index (χ1) is 18.0. The van der Waals surface area contributed by atoms with Gasteiger partial charge in [-0.2, -0.15) is 0 Å². The highest BCUT2D eigenvalue weighted by molar-refractivity contribution is 7.13. The average Bonchev–Trinajstić information content (AvgIpc) is 3.63. The van der Waals surface area contributed by atoms with Crippen LogP contribution < -0.4 is 5.32 Å². The Labute approximate surface area is 217 Å². The number of rotatable bonds is 6. The summed E-state index contributed by atoms with van der Waals surface area (Å²) in [4.78, 5) is 56.6. The van der Waals surface area contributed by atoms with Crippen molar-refractivity contribution in [1.29, 1.82) is 0 Å². The molecule has 3 aliphatic heterocycles. The molecule has 2 aromatic heterocycles. The molecular formula is C27H26N4O5S. The van der Waals surface area contributed by atoms with Crippen molar-refractivity contribution in [2.24, 2.45) is 0 Å². The van der Waals surface area contributed by atoms with Crippen LogP contribution in [0.5, 0.6) is 0 Å². The van der Waals surface area contributed by atoms with Crippen LogP contribution in [0.25, 0.3) is 10.6 Å². The number of imide groups is 2. The van der Waals surface area contributed by atoms with Gasteiger partial charge in [0, 0.05) is 39.1 Å². The summed E-state index contributed by atoms with van der Waals surface area (Å²) < 4.78 is 6.03. The van der Waals surface area contributed by atoms with Crippen LogP contribution in [-0.4, -0.2) is 70.5 Å². The highest BCUT2D eigenvalue weighted by Gasteiger charge is 2.44. The molecule has 2 fully saturated rings. The first kappa shape index (κ1) is 23.8. The van der Waals surface area contributed by atoms with Crippen LogP contribution in [0.4, 0.5) is 0 Å². The monoisotopic (exact) mass is 518 g/mol. The minimum atomic E-state index is -0.947. The van der Waals surface area contributed by atoms with Crippen molar-refractivity contribution in [3.05, 3.63) is 70.3 Å². The van der Waals surface area contributed by atoms with E-state index in [1.807, 2.05) is 29.6 Å². The molecule has 1 atom stereocenters. The number of thiophene rings is 1. The van der Waals surface area contributed by atoms with Crippen LogP contribution in [-0.2, 0) is 22.7 Å². The standard InChI is InChI=1S/C27H26N4O5S/c32-24-8-6-21(25(33)28-24)31-26(34)19-5-3-17(14-20(19)27(31)35)15-29-9-11-30(12-10-29)16-18-4-7-22(36-18)23-2-1-13-37-23/h1-5,7,13-14,21H,6,8-12,15-16H2,(H,28,32,33). The van der Waals surface area contributed by atoms with E-state index >= 15 is 0 Å². The van der Waals surface area contributed by atoms with E-state index in [1.165, 1.54) is 0 Å². The highest BCUT2D eigenvalue weighted by atomic mass is 32.1. The van der Waals surface area contributed by atoms with E-state index in [0.29, 0.717) is 17.7 Å². The number of nitrogens with one attached hydrogen (secondary N) is 1. The third-order valence-corrected chi connectivity index (χ3v) is 8.06. The summed E-state index contributed by atoms with van der Waals surface area (Å²) in [5, 5.41) is 4.27. The molecule has 37 heavy (non-hydrogen) atoms. The predicted molar refractivity (Wildman–Crippen MR) is 136 cm³/mol. The van der Waals surface area contributed by atoms with Crippen LogP contribution in [0.15, 0.2) is 52.3 Å². The van der Waals surface area contributed by atoms with Crippen LogP contribution in [0.1, 0.15) is 44.9 Å². The van der Waals surface area contributed by atoms with Crippen molar-refractivity contribution in [2.75, 3.05) is 26.2 Å². The van der Waals surface area contributed by atoms with Crippen LogP contribution in [0.2, 0.25) is 0 Å². The Hall–Kier alpha value is -3.60. The predicted octanol–water partition coefficient (Wildman–Crippen LogP) is 2.73. The lowest BCUT2D eigenvalue weighted by Gasteiger charge is -2.34. The summed E-state index contributed by atoms with van der Waals surface area (Å²) in [7, 11) is 0. The van der Waals surface area contributed by atoms with Gasteiger partial charge in [-0.05, 0) is 47.7 Å². The first-order valence-electron chi connectivity index (χ1n) is 12.4. The SMILES string of the molecule is O=C1CCC(N2C(=O)c3ccc(CN4CCN(Cc5ccc(-c6cccs6)o5)CC4)cc3C2=O)C(=O)N1. The summed E-state index contributed by atoms with van der Waals surface area (Å²) in [5.41, 5.74) is 1.58. The Kier molecular flexibility index (Phi) is 6.23. The van der Waals surface area contributed by atoms with E-state index in [2.05, 4.69) is 21.2 Å². The lowest BCUT2D eigenvalue weighted by molar-refractivity contribution is -0.136. The van der Waals surface area contributed by atoms with Gasteiger partial charge < -0.3 is 4.42 Å². The Bertz CT molecular complexity index is 1370. The fraction of sp³-hybridized carbons (Fsp3) is 0.333. The minimum absolute atomic E-state index is 0.108. The Morgan fingerprint density at radius 1 is 0.892 bits per heavy atom. The molecule has 0 radical (unpaired) electrons. The molecule has 9 nitrogen and oxygen atoms in total. The number of piperazine rings is 1. The zero-order valence-corrected chi connectivity index (χ0v) is 21.0. The molecular weight excluding hydrogens is 492 g/mol. The van der Waals surface area contributed by atoms with Crippen LogP contribution in [0.3, 0.4) is 0 Å². The largest absolute Gasteiger partial charge is 0.459 e. The molecule has 1 aromatic carbocycles. The molecule has 3 aromatic rings. The molecule has 0 spiro atoms.